The van der Waals surface area contributed by atoms with Crippen molar-refractivity contribution in [3.8, 4) is 0 Å². The molecule has 0 radical (unpaired) electrons. The number of likely N-dealkylation sites (tertiary alicyclic amines) is 1. The van der Waals surface area contributed by atoms with Gasteiger partial charge in [0.2, 0.25) is 0 Å². The van der Waals surface area contributed by atoms with Crippen molar-refractivity contribution in [2.24, 2.45) is 5.41 Å². The SMILES string of the molecule is O=C(Nc1ccc(NC(=O)c2[nH]cnc2C(=O)N2CC3(COC3)C2)cc1)c1cc(F)c(F)cc1Cl. The first kappa shape index (κ1) is 22.9. The van der Waals surface area contributed by atoms with Gasteiger partial charge in [0.15, 0.2) is 17.3 Å². The molecular formula is C23H18ClF2N5O4. The lowest BCUT2D eigenvalue weighted by molar-refractivity contribution is -0.176. The van der Waals surface area contributed by atoms with E-state index in [9.17, 15) is 23.2 Å². The molecule has 1 spiro atoms. The monoisotopic (exact) mass is 501 g/mol. The second-order valence-corrected chi connectivity index (χ2v) is 8.92. The van der Waals surface area contributed by atoms with E-state index in [4.69, 9.17) is 16.3 Å². The van der Waals surface area contributed by atoms with Crippen molar-refractivity contribution in [1.82, 2.24) is 14.9 Å². The van der Waals surface area contributed by atoms with Crippen LogP contribution in [0.25, 0.3) is 0 Å². The molecule has 0 saturated carbocycles. The Labute approximate surface area is 202 Å². The van der Waals surface area contributed by atoms with Crippen molar-refractivity contribution in [3.63, 3.8) is 0 Å². The summed E-state index contributed by atoms with van der Waals surface area (Å²) in [4.78, 5) is 46.2. The van der Waals surface area contributed by atoms with Crippen LogP contribution in [0.4, 0.5) is 20.2 Å². The summed E-state index contributed by atoms with van der Waals surface area (Å²) in [6, 6.07) is 7.48. The van der Waals surface area contributed by atoms with Crippen molar-refractivity contribution < 1.29 is 27.9 Å². The summed E-state index contributed by atoms with van der Waals surface area (Å²) in [5, 5.41) is 4.95. The third-order valence-corrected chi connectivity index (χ3v) is 6.19. The lowest BCUT2D eigenvalue weighted by atomic mass is 9.78. The van der Waals surface area contributed by atoms with Crippen molar-refractivity contribution in [2.45, 2.75) is 0 Å². The van der Waals surface area contributed by atoms with Crippen LogP contribution in [0.15, 0.2) is 42.7 Å². The summed E-state index contributed by atoms with van der Waals surface area (Å²) in [5.41, 5.74) is 0.606. The van der Waals surface area contributed by atoms with Gasteiger partial charge in [0.25, 0.3) is 17.7 Å². The first-order valence-electron chi connectivity index (χ1n) is 10.5. The standard InChI is InChI=1S/C23H18ClF2N5O4/c24-15-6-17(26)16(25)5-14(15)20(32)29-12-1-3-13(4-2-12)30-21(33)18-19(28-11-27-18)22(34)31-7-23(8-31)9-35-10-23/h1-6,11H,7-10H2,(H,27,28)(H,29,32)(H,30,33). The molecule has 0 unspecified atom stereocenters. The predicted octanol–water partition coefficient (Wildman–Crippen LogP) is 3.32. The predicted molar refractivity (Wildman–Crippen MR) is 121 cm³/mol. The van der Waals surface area contributed by atoms with E-state index >= 15 is 0 Å². The molecule has 3 aromatic rings. The van der Waals surface area contributed by atoms with Crippen molar-refractivity contribution >= 4 is 40.7 Å². The van der Waals surface area contributed by atoms with E-state index in [2.05, 4.69) is 20.6 Å². The number of hydrogen-bond acceptors (Lipinski definition) is 5. The molecule has 0 bridgehead atoms. The van der Waals surface area contributed by atoms with E-state index in [0.717, 1.165) is 6.07 Å². The van der Waals surface area contributed by atoms with Crippen molar-refractivity contribution in [1.29, 1.82) is 0 Å². The molecule has 2 aliphatic heterocycles. The maximum atomic E-state index is 13.5. The average Bonchev–Trinajstić information content (AvgIpc) is 3.25. The molecule has 9 nitrogen and oxygen atoms in total. The number of amides is 3. The maximum absolute atomic E-state index is 13.5. The number of carbonyl (C=O) groups excluding carboxylic acids is 3. The first-order valence-corrected chi connectivity index (χ1v) is 10.9. The molecule has 3 heterocycles. The minimum atomic E-state index is -1.19. The molecule has 0 aliphatic carbocycles. The number of carbonyl (C=O) groups is 3. The number of aromatic amines is 1. The Morgan fingerprint density at radius 3 is 2.20 bits per heavy atom. The number of imidazole rings is 1. The van der Waals surface area contributed by atoms with Crippen LogP contribution in [-0.2, 0) is 4.74 Å². The van der Waals surface area contributed by atoms with Crippen LogP contribution in [0, 0.1) is 17.0 Å². The highest BCUT2D eigenvalue weighted by molar-refractivity contribution is 6.34. The number of ether oxygens (including phenoxy) is 1. The number of nitrogens with one attached hydrogen (secondary N) is 3. The first-order chi connectivity index (χ1) is 16.7. The highest BCUT2D eigenvalue weighted by atomic mass is 35.5. The van der Waals surface area contributed by atoms with E-state index in [-0.39, 0.29) is 33.3 Å². The Hall–Kier alpha value is -3.83. The number of aromatic nitrogens is 2. The summed E-state index contributed by atoms with van der Waals surface area (Å²) in [6.07, 6.45) is 1.28. The van der Waals surface area contributed by atoms with Gasteiger partial charge in [-0.05, 0) is 36.4 Å². The molecule has 1 aromatic heterocycles. The number of halogens is 3. The van der Waals surface area contributed by atoms with Gasteiger partial charge < -0.3 is 25.3 Å². The Morgan fingerprint density at radius 1 is 1.00 bits per heavy atom. The summed E-state index contributed by atoms with van der Waals surface area (Å²) in [7, 11) is 0. The zero-order valence-corrected chi connectivity index (χ0v) is 18.8. The lowest BCUT2D eigenvalue weighted by Gasteiger charge is -2.54. The molecule has 2 aromatic carbocycles. The molecule has 35 heavy (non-hydrogen) atoms. The van der Waals surface area contributed by atoms with Crippen LogP contribution in [0.5, 0.6) is 0 Å². The van der Waals surface area contributed by atoms with Crippen LogP contribution >= 0.6 is 11.6 Å². The second kappa shape index (κ2) is 8.75. The summed E-state index contributed by atoms with van der Waals surface area (Å²) < 4.78 is 31.9. The van der Waals surface area contributed by atoms with E-state index in [1.54, 1.807) is 4.90 Å². The highest BCUT2D eigenvalue weighted by Crippen LogP contribution is 2.38. The molecule has 3 N–H and O–H groups in total. The number of anilines is 2. The van der Waals surface area contributed by atoms with Crippen LogP contribution in [0.3, 0.4) is 0 Å². The Bertz CT molecular complexity index is 1330. The fraction of sp³-hybridized carbons (Fsp3) is 0.217. The average molecular weight is 502 g/mol. The minimum Gasteiger partial charge on any atom is -0.380 e. The third kappa shape index (κ3) is 4.35. The largest absolute Gasteiger partial charge is 0.380 e. The summed E-state index contributed by atoms with van der Waals surface area (Å²) in [6.45, 7) is 2.41. The Kier molecular flexibility index (Phi) is 5.73. The molecule has 2 saturated heterocycles. The highest BCUT2D eigenvalue weighted by Gasteiger charge is 2.51. The van der Waals surface area contributed by atoms with Gasteiger partial charge in [-0.3, -0.25) is 14.4 Å². The quantitative estimate of drug-likeness (QED) is 0.464. The maximum Gasteiger partial charge on any atom is 0.274 e. The smallest absolute Gasteiger partial charge is 0.274 e. The van der Waals surface area contributed by atoms with Gasteiger partial charge in [-0.2, -0.15) is 0 Å². The third-order valence-electron chi connectivity index (χ3n) is 5.88. The minimum absolute atomic E-state index is 0.0323. The van der Waals surface area contributed by atoms with Crippen molar-refractivity contribution in [3.05, 3.63) is 76.3 Å². The van der Waals surface area contributed by atoms with Gasteiger partial charge in [-0.1, -0.05) is 11.6 Å². The van der Waals surface area contributed by atoms with Gasteiger partial charge in [0, 0.05) is 24.5 Å². The van der Waals surface area contributed by atoms with E-state index in [1.807, 2.05) is 0 Å². The number of rotatable bonds is 5. The van der Waals surface area contributed by atoms with E-state index < -0.39 is 23.4 Å². The van der Waals surface area contributed by atoms with Crippen LogP contribution in [0.2, 0.25) is 5.02 Å². The molecule has 3 amide bonds. The van der Waals surface area contributed by atoms with Crippen LogP contribution in [0.1, 0.15) is 31.3 Å². The van der Waals surface area contributed by atoms with E-state index in [0.29, 0.717) is 43.7 Å². The molecule has 0 atom stereocenters. The fourth-order valence-corrected chi connectivity index (χ4v) is 4.22. The van der Waals surface area contributed by atoms with Gasteiger partial charge in [-0.15, -0.1) is 0 Å². The molecular weight excluding hydrogens is 484 g/mol. The van der Waals surface area contributed by atoms with Gasteiger partial charge in [0.05, 0.1) is 35.5 Å². The number of benzene rings is 2. The van der Waals surface area contributed by atoms with Gasteiger partial charge >= 0.3 is 0 Å². The molecule has 5 rings (SSSR count). The van der Waals surface area contributed by atoms with Crippen LogP contribution in [-0.4, -0.2) is 58.9 Å². The molecule has 2 aliphatic rings. The van der Waals surface area contributed by atoms with Crippen LogP contribution < -0.4 is 10.6 Å². The molecule has 180 valence electrons. The fourth-order valence-electron chi connectivity index (χ4n) is 3.99. The number of nitrogens with zero attached hydrogens (tertiary/aromatic N) is 2. The lowest BCUT2D eigenvalue weighted by Crippen LogP contribution is -2.67. The van der Waals surface area contributed by atoms with Crippen molar-refractivity contribution in [2.75, 3.05) is 36.9 Å². The number of hydrogen-bond donors (Lipinski definition) is 3. The topological polar surface area (TPSA) is 116 Å². The Morgan fingerprint density at radius 2 is 1.60 bits per heavy atom. The summed E-state index contributed by atoms with van der Waals surface area (Å²) >= 11 is 5.83. The normalized spacial score (nSPS) is 15.8. The van der Waals surface area contributed by atoms with E-state index in [1.165, 1.54) is 30.6 Å². The number of H-pyrrole nitrogens is 1. The van der Waals surface area contributed by atoms with Gasteiger partial charge in [-0.25, -0.2) is 13.8 Å². The second-order valence-electron chi connectivity index (χ2n) is 8.51. The Balaban J connectivity index is 1.22. The molecule has 12 heteroatoms. The zero-order valence-electron chi connectivity index (χ0n) is 18.0. The zero-order chi connectivity index (χ0) is 24.7. The molecule has 2 fully saturated rings. The van der Waals surface area contributed by atoms with Gasteiger partial charge in [0.1, 0.15) is 5.69 Å². The summed E-state index contributed by atoms with van der Waals surface area (Å²) in [5.74, 6) is -3.97.